The Morgan fingerprint density at radius 2 is 1.77 bits per heavy atom. The molecule has 4 heteroatoms. The van der Waals surface area contributed by atoms with Crippen molar-refractivity contribution in [1.82, 2.24) is 10.2 Å². The molecule has 2 aliphatic rings. The molecular formula is C9H17ClN2O. The average molecular weight is 205 g/mol. The Kier molecular flexibility index (Phi) is 3.85. The second-order valence-electron chi connectivity index (χ2n) is 3.77. The number of carbonyl (C=O) groups is 1. The quantitative estimate of drug-likeness (QED) is 0.694. The van der Waals surface area contributed by atoms with E-state index in [0.29, 0.717) is 6.04 Å². The van der Waals surface area contributed by atoms with Crippen molar-refractivity contribution >= 4 is 18.4 Å². The molecule has 1 heterocycles. The molecule has 0 aromatic carbocycles. The first kappa shape index (κ1) is 10.6. The van der Waals surface area contributed by atoms with Crippen LogP contribution < -0.4 is 5.32 Å². The molecule has 1 saturated heterocycles. The third-order valence-electron chi connectivity index (χ3n) is 2.55. The standard InChI is InChI=1S/C9H16N2O.ClH/c12-9(10-8-4-5-8)11-6-2-1-3-7-11;/h8H,1-7H2,(H,10,12);1H. The number of hydrogen-bond donors (Lipinski definition) is 1. The van der Waals surface area contributed by atoms with Crippen LogP contribution in [0.25, 0.3) is 0 Å². The highest BCUT2D eigenvalue weighted by Crippen LogP contribution is 2.19. The number of nitrogens with one attached hydrogen (secondary N) is 1. The molecule has 0 aromatic rings. The van der Waals surface area contributed by atoms with Crippen molar-refractivity contribution in [2.24, 2.45) is 0 Å². The largest absolute Gasteiger partial charge is 0.335 e. The lowest BCUT2D eigenvalue weighted by molar-refractivity contribution is 0.186. The van der Waals surface area contributed by atoms with Crippen molar-refractivity contribution in [3.05, 3.63) is 0 Å². The Morgan fingerprint density at radius 1 is 1.15 bits per heavy atom. The average Bonchev–Trinajstić information content (AvgIpc) is 2.90. The molecule has 2 rings (SSSR count). The van der Waals surface area contributed by atoms with Crippen LogP contribution in [0.3, 0.4) is 0 Å². The summed E-state index contributed by atoms with van der Waals surface area (Å²) in [5.41, 5.74) is 0. The molecule has 0 spiro atoms. The molecule has 0 aromatic heterocycles. The highest BCUT2D eigenvalue weighted by molar-refractivity contribution is 5.85. The van der Waals surface area contributed by atoms with Crippen LogP contribution in [-0.2, 0) is 0 Å². The van der Waals surface area contributed by atoms with Crippen LogP contribution in [0.1, 0.15) is 32.1 Å². The Hall–Kier alpha value is -0.440. The van der Waals surface area contributed by atoms with E-state index in [1.165, 1.54) is 32.1 Å². The topological polar surface area (TPSA) is 32.3 Å². The zero-order chi connectivity index (χ0) is 8.39. The van der Waals surface area contributed by atoms with Crippen LogP contribution in [0.15, 0.2) is 0 Å². The van der Waals surface area contributed by atoms with Crippen molar-refractivity contribution < 1.29 is 4.79 Å². The van der Waals surface area contributed by atoms with E-state index in [-0.39, 0.29) is 18.4 Å². The minimum atomic E-state index is 0. The predicted octanol–water partition coefficient (Wildman–Crippen LogP) is 1.77. The fraction of sp³-hybridized carbons (Fsp3) is 0.889. The minimum absolute atomic E-state index is 0. The number of carbonyl (C=O) groups excluding carboxylic acids is 1. The van der Waals surface area contributed by atoms with Gasteiger partial charge in [0.2, 0.25) is 0 Å². The van der Waals surface area contributed by atoms with E-state index >= 15 is 0 Å². The van der Waals surface area contributed by atoms with Gasteiger partial charge in [0.25, 0.3) is 0 Å². The van der Waals surface area contributed by atoms with Gasteiger partial charge in [0.15, 0.2) is 0 Å². The van der Waals surface area contributed by atoms with Crippen LogP contribution in [0, 0.1) is 0 Å². The molecule has 2 fully saturated rings. The normalized spacial score (nSPS) is 22.0. The summed E-state index contributed by atoms with van der Waals surface area (Å²) < 4.78 is 0. The first-order valence-corrected chi connectivity index (χ1v) is 4.92. The smallest absolute Gasteiger partial charge is 0.317 e. The van der Waals surface area contributed by atoms with Crippen LogP contribution in [0.2, 0.25) is 0 Å². The second-order valence-corrected chi connectivity index (χ2v) is 3.77. The summed E-state index contributed by atoms with van der Waals surface area (Å²) in [6.45, 7) is 1.91. The molecule has 1 saturated carbocycles. The van der Waals surface area contributed by atoms with Gasteiger partial charge in [-0.1, -0.05) is 0 Å². The number of amides is 2. The highest BCUT2D eigenvalue weighted by atomic mass is 35.5. The number of urea groups is 1. The molecule has 1 aliphatic carbocycles. The lowest BCUT2D eigenvalue weighted by atomic mass is 10.1. The maximum Gasteiger partial charge on any atom is 0.317 e. The second kappa shape index (κ2) is 4.70. The lowest BCUT2D eigenvalue weighted by Crippen LogP contribution is -2.43. The van der Waals surface area contributed by atoms with E-state index in [0.717, 1.165) is 13.1 Å². The van der Waals surface area contributed by atoms with Gasteiger partial charge < -0.3 is 10.2 Å². The third kappa shape index (κ3) is 3.07. The number of hydrogen-bond acceptors (Lipinski definition) is 1. The zero-order valence-corrected chi connectivity index (χ0v) is 8.61. The summed E-state index contributed by atoms with van der Waals surface area (Å²) in [5.74, 6) is 0. The van der Waals surface area contributed by atoms with Gasteiger partial charge in [-0.3, -0.25) is 0 Å². The number of piperidine rings is 1. The van der Waals surface area contributed by atoms with E-state index in [9.17, 15) is 4.79 Å². The Labute approximate surface area is 85.3 Å². The lowest BCUT2D eigenvalue weighted by Gasteiger charge is -2.26. The Balaban J connectivity index is 0.000000845. The van der Waals surface area contributed by atoms with Crippen molar-refractivity contribution in [1.29, 1.82) is 0 Å². The SMILES string of the molecule is Cl.O=C(NC1CC1)N1CCCCC1. The molecule has 0 atom stereocenters. The number of nitrogens with zero attached hydrogens (tertiary/aromatic N) is 1. The van der Waals surface area contributed by atoms with E-state index in [4.69, 9.17) is 0 Å². The molecule has 2 amide bonds. The zero-order valence-electron chi connectivity index (χ0n) is 7.79. The molecule has 0 unspecified atom stereocenters. The van der Waals surface area contributed by atoms with E-state index in [1.807, 2.05) is 4.90 Å². The summed E-state index contributed by atoms with van der Waals surface area (Å²) in [7, 11) is 0. The molecule has 13 heavy (non-hydrogen) atoms. The summed E-state index contributed by atoms with van der Waals surface area (Å²) >= 11 is 0. The Morgan fingerprint density at radius 3 is 2.31 bits per heavy atom. The molecule has 3 nitrogen and oxygen atoms in total. The molecule has 0 radical (unpaired) electrons. The maximum atomic E-state index is 11.5. The van der Waals surface area contributed by atoms with Crippen LogP contribution in [0.4, 0.5) is 4.79 Å². The summed E-state index contributed by atoms with van der Waals surface area (Å²) in [4.78, 5) is 13.4. The van der Waals surface area contributed by atoms with Gasteiger partial charge in [-0.25, -0.2) is 4.79 Å². The summed E-state index contributed by atoms with van der Waals surface area (Å²) in [6.07, 6.45) is 6.00. The number of halogens is 1. The van der Waals surface area contributed by atoms with Gasteiger partial charge in [0, 0.05) is 19.1 Å². The van der Waals surface area contributed by atoms with Gasteiger partial charge in [0.1, 0.15) is 0 Å². The van der Waals surface area contributed by atoms with Crippen molar-refractivity contribution in [2.45, 2.75) is 38.1 Å². The minimum Gasteiger partial charge on any atom is -0.335 e. The van der Waals surface area contributed by atoms with Crippen molar-refractivity contribution in [3.8, 4) is 0 Å². The molecule has 1 N–H and O–H groups in total. The Bertz CT molecular complexity index is 176. The van der Waals surface area contributed by atoms with Gasteiger partial charge >= 0.3 is 6.03 Å². The first-order valence-electron chi connectivity index (χ1n) is 4.92. The fourth-order valence-corrected chi connectivity index (χ4v) is 1.59. The van der Waals surface area contributed by atoms with E-state index < -0.39 is 0 Å². The van der Waals surface area contributed by atoms with Crippen molar-refractivity contribution in [2.75, 3.05) is 13.1 Å². The van der Waals surface area contributed by atoms with Crippen LogP contribution in [0.5, 0.6) is 0 Å². The van der Waals surface area contributed by atoms with Crippen molar-refractivity contribution in [3.63, 3.8) is 0 Å². The van der Waals surface area contributed by atoms with Gasteiger partial charge in [-0.15, -0.1) is 12.4 Å². The van der Waals surface area contributed by atoms with Crippen LogP contribution >= 0.6 is 12.4 Å². The van der Waals surface area contributed by atoms with E-state index in [2.05, 4.69) is 5.32 Å². The predicted molar refractivity (Wildman–Crippen MR) is 54.2 cm³/mol. The monoisotopic (exact) mass is 204 g/mol. The fourth-order valence-electron chi connectivity index (χ4n) is 1.59. The van der Waals surface area contributed by atoms with Gasteiger partial charge in [0.05, 0.1) is 0 Å². The van der Waals surface area contributed by atoms with E-state index in [1.54, 1.807) is 0 Å². The molecule has 76 valence electrons. The maximum absolute atomic E-state index is 11.5. The first-order chi connectivity index (χ1) is 5.86. The number of likely N-dealkylation sites (tertiary alicyclic amines) is 1. The third-order valence-corrected chi connectivity index (χ3v) is 2.55. The molecule has 1 aliphatic heterocycles. The van der Waals surface area contributed by atoms with Crippen LogP contribution in [-0.4, -0.2) is 30.1 Å². The number of rotatable bonds is 1. The summed E-state index contributed by atoms with van der Waals surface area (Å²) in [5, 5.41) is 3.01. The van der Waals surface area contributed by atoms with Gasteiger partial charge in [-0.2, -0.15) is 0 Å². The molecular weight excluding hydrogens is 188 g/mol. The van der Waals surface area contributed by atoms with Gasteiger partial charge in [-0.05, 0) is 32.1 Å². The highest BCUT2D eigenvalue weighted by Gasteiger charge is 2.26. The summed E-state index contributed by atoms with van der Waals surface area (Å²) in [6, 6.07) is 0.664. The molecule has 0 bridgehead atoms.